The predicted molar refractivity (Wildman–Crippen MR) is 93.0 cm³/mol. The molecule has 1 heterocycles. The van der Waals surface area contributed by atoms with Gasteiger partial charge in [0, 0.05) is 18.7 Å². The van der Waals surface area contributed by atoms with Crippen molar-refractivity contribution in [3.8, 4) is 5.75 Å². The van der Waals surface area contributed by atoms with Crippen LogP contribution < -0.4 is 15.4 Å². The van der Waals surface area contributed by atoms with Crippen LogP contribution >= 0.6 is 12.4 Å². The number of hydrogen-bond acceptors (Lipinski definition) is 3. The summed E-state index contributed by atoms with van der Waals surface area (Å²) < 4.78 is 5.47. The van der Waals surface area contributed by atoms with E-state index < -0.39 is 0 Å². The lowest BCUT2D eigenvalue weighted by atomic mass is 9.95. The molecule has 0 bridgehead atoms. The van der Waals surface area contributed by atoms with Crippen molar-refractivity contribution in [1.29, 1.82) is 0 Å². The van der Waals surface area contributed by atoms with E-state index in [-0.39, 0.29) is 30.3 Å². The molecule has 1 amide bonds. The van der Waals surface area contributed by atoms with Gasteiger partial charge in [-0.25, -0.2) is 0 Å². The molecule has 23 heavy (non-hydrogen) atoms. The van der Waals surface area contributed by atoms with Gasteiger partial charge in [-0.15, -0.1) is 12.4 Å². The number of para-hydroxylation sites is 1. The highest BCUT2D eigenvalue weighted by molar-refractivity contribution is 5.85. The normalized spacial score (nSPS) is 15.0. The number of benzene rings is 2. The van der Waals surface area contributed by atoms with E-state index in [0.29, 0.717) is 0 Å². The lowest BCUT2D eigenvalue weighted by Crippen LogP contribution is -2.51. The minimum atomic E-state index is -0.203. The zero-order chi connectivity index (χ0) is 15.4. The highest BCUT2D eigenvalue weighted by Crippen LogP contribution is 2.30. The number of carbonyl (C=O) groups is 1. The molecule has 1 fully saturated rings. The van der Waals surface area contributed by atoms with Crippen LogP contribution in [-0.2, 0) is 4.79 Å². The number of nitrogens with one attached hydrogen (secondary N) is 2. The Labute approximate surface area is 142 Å². The maximum absolute atomic E-state index is 12.4. The van der Waals surface area contributed by atoms with E-state index in [0.717, 1.165) is 30.0 Å². The van der Waals surface area contributed by atoms with Gasteiger partial charge in [-0.05, 0) is 11.6 Å². The van der Waals surface area contributed by atoms with Crippen molar-refractivity contribution < 1.29 is 9.53 Å². The van der Waals surface area contributed by atoms with E-state index in [1.54, 1.807) is 7.11 Å². The van der Waals surface area contributed by atoms with Crippen LogP contribution in [0.4, 0.5) is 0 Å². The number of amides is 1. The molecule has 1 aliphatic rings. The smallest absolute Gasteiger partial charge is 0.226 e. The molecule has 4 nitrogen and oxygen atoms in total. The molecule has 0 saturated carbocycles. The summed E-state index contributed by atoms with van der Waals surface area (Å²) in [6, 6.07) is 17.6. The zero-order valence-electron chi connectivity index (χ0n) is 13.0. The molecule has 0 radical (unpaired) electrons. The van der Waals surface area contributed by atoms with Gasteiger partial charge in [0.15, 0.2) is 0 Å². The molecule has 122 valence electrons. The Hall–Kier alpha value is -2.04. The molecule has 2 aromatic rings. The SMILES string of the molecule is COc1ccccc1C(NC(=O)C1CNC1)c1ccccc1.Cl. The van der Waals surface area contributed by atoms with E-state index in [1.165, 1.54) is 0 Å². The molecule has 3 rings (SSSR count). The number of ether oxygens (including phenoxy) is 1. The fourth-order valence-electron chi connectivity index (χ4n) is 2.63. The molecular weight excluding hydrogens is 312 g/mol. The van der Waals surface area contributed by atoms with Gasteiger partial charge in [0.1, 0.15) is 5.75 Å². The second-order valence-corrected chi connectivity index (χ2v) is 5.45. The number of rotatable bonds is 5. The van der Waals surface area contributed by atoms with Gasteiger partial charge in [0.05, 0.1) is 19.1 Å². The van der Waals surface area contributed by atoms with Crippen LogP contribution in [0.25, 0.3) is 0 Å². The first kappa shape index (κ1) is 17.3. The van der Waals surface area contributed by atoms with Crippen molar-refractivity contribution in [2.24, 2.45) is 5.92 Å². The number of hydrogen-bond donors (Lipinski definition) is 2. The highest BCUT2D eigenvalue weighted by Gasteiger charge is 2.28. The minimum Gasteiger partial charge on any atom is -0.496 e. The van der Waals surface area contributed by atoms with Crippen LogP contribution in [-0.4, -0.2) is 26.1 Å². The van der Waals surface area contributed by atoms with Gasteiger partial charge in [-0.1, -0.05) is 48.5 Å². The Balaban J connectivity index is 0.00000192. The maximum Gasteiger partial charge on any atom is 0.226 e. The van der Waals surface area contributed by atoms with E-state index in [4.69, 9.17) is 4.74 Å². The molecule has 5 heteroatoms. The second kappa shape index (κ2) is 7.99. The third-order valence-corrected chi connectivity index (χ3v) is 4.02. The van der Waals surface area contributed by atoms with Gasteiger partial charge in [0.2, 0.25) is 5.91 Å². The number of methoxy groups -OCH3 is 1. The van der Waals surface area contributed by atoms with Gasteiger partial charge < -0.3 is 15.4 Å². The summed E-state index contributed by atoms with van der Waals surface area (Å²) in [6.07, 6.45) is 0. The number of carbonyl (C=O) groups excluding carboxylic acids is 1. The summed E-state index contributed by atoms with van der Waals surface area (Å²) in [5.74, 6) is 0.919. The van der Waals surface area contributed by atoms with Crippen molar-refractivity contribution >= 4 is 18.3 Å². The molecule has 1 unspecified atom stereocenters. The molecule has 2 aromatic carbocycles. The van der Waals surface area contributed by atoms with Crippen molar-refractivity contribution in [2.75, 3.05) is 20.2 Å². The molecule has 1 saturated heterocycles. The van der Waals surface area contributed by atoms with Gasteiger partial charge in [-0.3, -0.25) is 4.79 Å². The summed E-state index contributed by atoms with van der Waals surface area (Å²) in [5.41, 5.74) is 2.02. The summed E-state index contributed by atoms with van der Waals surface area (Å²) >= 11 is 0. The fourth-order valence-corrected chi connectivity index (χ4v) is 2.63. The molecular formula is C18H21ClN2O2. The quantitative estimate of drug-likeness (QED) is 0.884. The van der Waals surface area contributed by atoms with E-state index in [2.05, 4.69) is 10.6 Å². The number of halogens is 1. The monoisotopic (exact) mass is 332 g/mol. The Morgan fingerprint density at radius 2 is 1.78 bits per heavy atom. The van der Waals surface area contributed by atoms with Crippen LogP contribution in [0.3, 0.4) is 0 Å². The first-order valence-corrected chi connectivity index (χ1v) is 7.48. The molecule has 0 aliphatic carbocycles. The van der Waals surface area contributed by atoms with Crippen LogP contribution in [0.1, 0.15) is 17.2 Å². The third-order valence-electron chi connectivity index (χ3n) is 4.02. The van der Waals surface area contributed by atoms with Crippen molar-refractivity contribution in [3.05, 3.63) is 65.7 Å². The van der Waals surface area contributed by atoms with Gasteiger partial charge >= 0.3 is 0 Å². The minimum absolute atomic E-state index is 0. The first-order valence-electron chi connectivity index (χ1n) is 7.48. The lowest BCUT2D eigenvalue weighted by molar-refractivity contribution is -0.126. The Morgan fingerprint density at radius 3 is 2.39 bits per heavy atom. The molecule has 1 atom stereocenters. The molecule has 0 aromatic heterocycles. The van der Waals surface area contributed by atoms with Crippen molar-refractivity contribution in [1.82, 2.24) is 10.6 Å². The molecule has 0 spiro atoms. The van der Waals surface area contributed by atoms with Crippen LogP contribution in [0.5, 0.6) is 5.75 Å². The van der Waals surface area contributed by atoms with Crippen molar-refractivity contribution in [2.45, 2.75) is 6.04 Å². The van der Waals surface area contributed by atoms with E-state index in [9.17, 15) is 4.79 Å². The summed E-state index contributed by atoms with van der Waals surface area (Å²) in [5, 5.41) is 6.30. The Morgan fingerprint density at radius 1 is 1.13 bits per heavy atom. The molecule has 1 aliphatic heterocycles. The Bertz CT molecular complexity index is 644. The molecule has 2 N–H and O–H groups in total. The second-order valence-electron chi connectivity index (χ2n) is 5.45. The largest absolute Gasteiger partial charge is 0.496 e. The predicted octanol–water partition coefficient (Wildman–Crippen LogP) is 2.54. The lowest BCUT2D eigenvalue weighted by Gasteiger charge is -2.29. The Kier molecular flexibility index (Phi) is 6.02. The van der Waals surface area contributed by atoms with Crippen LogP contribution in [0.15, 0.2) is 54.6 Å². The maximum atomic E-state index is 12.4. The topological polar surface area (TPSA) is 50.4 Å². The summed E-state index contributed by atoms with van der Waals surface area (Å²) in [4.78, 5) is 12.4. The fraction of sp³-hybridized carbons (Fsp3) is 0.278. The van der Waals surface area contributed by atoms with Crippen molar-refractivity contribution in [3.63, 3.8) is 0 Å². The summed E-state index contributed by atoms with van der Waals surface area (Å²) in [6.45, 7) is 1.50. The van der Waals surface area contributed by atoms with Gasteiger partial charge in [0.25, 0.3) is 0 Å². The standard InChI is InChI=1S/C18H20N2O2.ClH/c1-22-16-10-6-5-9-15(16)17(13-7-3-2-4-8-13)20-18(21)14-11-19-12-14;/h2-10,14,17,19H,11-12H2,1H3,(H,20,21);1H. The van der Waals surface area contributed by atoms with Crippen LogP contribution in [0, 0.1) is 5.92 Å². The van der Waals surface area contributed by atoms with E-state index >= 15 is 0 Å². The average molecular weight is 333 g/mol. The first-order chi connectivity index (χ1) is 10.8. The van der Waals surface area contributed by atoms with Gasteiger partial charge in [-0.2, -0.15) is 0 Å². The zero-order valence-corrected chi connectivity index (χ0v) is 13.8. The van der Waals surface area contributed by atoms with E-state index in [1.807, 2.05) is 54.6 Å². The van der Waals surface area contributed by atoms with Crippen LogP contribution in [0.2, 0.25) is 0 Å². The average Bonchev–Trinajstić information content (AvgIpc) is 2.52. The third kappa shape index (κ3) is 3.84. The summed E-state index contributed by atoms with van der Waals surface area (Å²) in [7, 11) is 1.65. The highest BCUT2D eigenvalue weighted by atomic mass is 35.5.